The number of hydrogen-bond acceptors (Lipinski definition) is 3. The molecule has 1 aliphatic carbocycles. The minimum atomic E-state index is -0.388. The molecule has 1 aliphatic rings. The Morgan fingerprint density at radius 1 is 1.30 bits per heavy atom. The minimum absolute atomic E-state index is 0.109. The molecule has 0 spiro atoms. The highest BCUT2D eigenvalue weighted by Crippen LogP contribution is 2.27. The number of halogens is 1. The van der Waals surface area contributed by atoms with Gasteiger partial charge in [0.05, 0.1) is 10.3 Å². The lowest BCUT2D eigenvalue weighted by Gasteiger charge is -2.32. The van der Waals surface area contributed by atoms with Crippen LogP contribution in [-0.2, 0) is 0 Å². The van der Waals surface area contributed by atoms with Crippen molar-refractivity contribution in [3.05, 3.63) is 39.9 Å². The van der Waals surface area contributed by atoms with Gasteiger partial charge in [0.1, 0.15) is 0 Å². The number of hydrogen-bond donors (Lipinski definition) is 0. The van der Waals surface area contributed by atoms with Gasteiger partial charge in [-0.3, -0.25) is 10.1 Å². The molecule has 1 unspecified atom stereocenters. The maximum absolute atomic E-state index is 10.6. The van der Waals surface area contributed by atoms with Gasteiger partial charge in [-0.25, -0.2) is 0 Å². The lowest BCUT2D eigenvalue weighted by molar-refractivity contribution is -0.384. The van der Waals surface area contributed by atoms with E-state index in [4.69, 9.17) is 11.6 Å². The quantitative estimate of drug-likeness (QED) is 0.466. The molecule has 1 fully saturated rings. The first-order chi connectivity index (χ1) is 9.58. The number of nitro benzene ring substituents is 1. The molecule has 20 heavy (non-hydrogen) atoms. The molecule has 0 amide bonds. The van der Waals surface area contributed by atoms with Crippen molar-refractivity contribution >= 4 is 17.3 Å². The van der Waals surface area contributed by atoms with Crippen LogP contribution in [0.2, 0.25) is 0 Å². The Balaban J connectivity index is 1.93. The van der Waals surface area contributed by atoms with Crippen LogP contribution in [0, 0.1) is 10.1 Å². The van der Waals surface area contributed by atoms with Crippen LogP contribution in [-0.4, -0.2) is 29.5 Å². The van der Waals surface area contributed by atoms with Gasteiger partial charge in [-0.15, -0.1) is 11.6 Å². The number of nitro groups is 1. The Morgan fingerprint density at radius 2 is 1.90 bits per heavy atom. The Morgan fingerprint density at radius 3 is 2.45 bits per heavy atom. The van der Waals surface area contributed by atoms with Gasteiger partial charge in [-0.05, 0) is 25.5 Å². The summed E-state index contributed by atoms with van der Waals surface area (Å²) >= 11 is 6.44. The highest BCUT2D eigenvalue weighted by atomic mass is 35.5. The minimum Gasteiger partial charge on any atom is -0.302 e. The molecule has 0 radical (unpaired) electrons. The largest absolute Gasteiger partial charge is 0.302 e. The third-order valence-corrected chi connectivity index (χ3v) is 4.50. The van der Waals surface area contributed by atoms with Crippen LogP contribution < -0.4 is 0 Å². The molecular formula is C15H21ClN2O2. The SMILES string of the molecule is CN(CC(Cl)c1ccc([N+](=O)[O-])cc1)C1CCCCC1. The van der Waals surface area contributed by atoms with Crippen molar-refractivity contribution in [3.63, 3.8) is 0 Å². The smallest absolute Gasteiger partial charge is 0.269 e. The Kier molecular flexibility index (Phi) is 5.38. The number of likely N-dealkylation sites (N-methyl/N-ethyl adjacent to an activating group) is 1. The summed E-state index contributed by atoms with van der Waals surface area (Å²) in [6.07, 6.45) is 6.46. The zero-order valence-corrected chi connectivity index (χ0v) is 12.6. The third-order valence-electron chi connectivity index (χ3n) is 4.11. The van der Waals surface area contributed by atoms with Crippen molar-refractivity contribution in [1.82, 2.24) is 4.90 Å². The maximum atomic E-state index is 10.6. The summed E-state index contributed by atoms with van der Waals surface area (Å²) < 4.78 is 0. The molecule has 0 aliphatic heterocycles. The summed E-state index contributed by atoms with van der Waals surface area (Å²) in [5.74, 6) is 0. The van der Waals surface area contributed by atoms with Gasteiger partial charge in [-0.2, -0.15) is 0 Å². The second-order valence-electron chi connectivity index (χ2n) is 5.55. The summed E-state index contributed by atoms with van der Waals surface area (Å²) in [6, 6.07) is 7.18. The second kappa shape index (κ2) is 7.04. The first-order valence-corrected chi connectivity index (χ1v) is 7.60. The number of rotatable bonds is 5. The van der Waals surface area contributed by atoms with Crippen LogP contribution in [0.15, 0.2) is 24.3 Å². The van der Waals surface area contributed by atoms with Gasteiger partial charge < -0.3 is 4.90 Å². The molecule has 4 nitrogen and oxygen atoms in total. The molecule has 0 N–H and O–H groups in total. The van der Waals surface area contributed by atoms with Crippen molar-refractivity contribution in [1.29, 1.82) is 0 Å². The fourth-order valence-corrected chi connectivity index (χ4v) is 3.20. The van der Waals surface area contributed by atoms with E-state index < -0.39 is 0 Å². The molecule has 1 saturated carbocycles. The van der Waals surface area contributed by atoms with Gasteiger partial charge in [0.2, 0.25) is 0 Å². The first-order valence-electron chi connectivity index (χ1n) is 7.16. The lowest BCUT2D eigenvalue weighted by atomic mass is 9.94. The number of nitrogens with zero attached hydrogens (tertiary/aromatic N) is 2. The zero-order chi connectivity index (χ0) is 14.5. The fraction of sp³-hybridized carbons (Fsp3) is 0.600. The van der Waals surface area contributed by atoms with Crippen molar-refractivity contribution in [2.45, 2.75) is 43.5 Å². The van der Waals surface area contributed by atoms with Gasteiger partial charge in [0.15, 0.2) is 0 Å². The molecule has 5 heteroatoms. The van der Waals surface area contributed by atoms with E-state index in [2.05, 4.69) is 11.9 Å². The van der Waals surface area contributed by atoms with Gasteiger partial charge in [0.25, 0.3) is 5.69 Å². The second-order valence-corrected chi connectivity index (χ2v) is 6.07. The number of benzene rings is 1. The molecule has 0 heterocycles. The van der Waals surface area contributed by atoms with Crippen LogP contribution in [0.3, 0.4) is 0 Å². The van der Waals surface area contributed by atoms with Gasteiger partial charge in [0, 0.05) is 24.7 Å². The van der Waals surface area contributed by atoms with Crippen molar-refractivity contribution in [3.8, 4) is 0 Å². The molecule has 110 valence electrons. The van der Waals surface area contributed by atoms with Crippen LogP contribution >= 0.6 is 11.6 Å². The van der Waals surface area contributed by atoms with Crippen LogP contribution in [0.25, 0.3) is 0 Å². The fourth-order valence-electron chi connectivity index (χ4n) is 2.83. The van der Waals surface area contributed by atoms with Crippen molar-refractivity contribution < 1.29 is 4.92 Å². The first kappa shape index (κ1) is 15.3. The average Bonchev–Trinajstić information content (AvgIpc) is 2.48. The molecule has 1 atom stereocenters. The monoisotopic (exact) mass is 296 g/mol. The summed E-state index contributed by atoms with van der Waals surface area (Å²) in [6.45, 7) is 0.782. The predicted octanol–water partition coefficient (Wildman–Crippen LogP) is 4.14. The van der Waals surface area contributed by atoms with E-state index in [-0.39, 0.29) is 16.0 Å². The Bertz CT molecular complexity index is 444. The van der Waals surface area contributed by atoms with E-state index in [1.165, 1.54) is 44.2 Å². The van der Waals surface area contributed by atoms with Gasteiger partial charge >= 0.3 is 0 Å². The van der Waals surface area contributed by atoms with E-state index in [1.807, 2.05) is 0 Å². The van der Waals surface area contributed by atoms with Gasteiger partial charge in [-0.1, -0.05) is 31.4 Å². The van der Waals surface area contributed by atoms with E-state index in [9.17, 15) is 10.1 Å². The molecular weight excluding hydrogens is 276 g/mol. The normalized spacial score (nSPS) is 18.1. The number of alkyl halides is 1. The Labute approximate surface area is 124 Å². The lowest BCUT2D eigenvalue weighted by Crippen LogP contribution is -2.35. The van der Waals surface area contributed by atoms with Crippen molar-refractivity contribution in [2.24, 2.45) is 0 Å². The predicted molar refractivity (Wildman–Crippen MR) is 81.2 cm³/mol. The summed E-state index contributed by atoms with van der Waals surface area (Å²) in [7, 11) is 2.12. The maximum Gasteiger partial charge on any atom is 0.269 e. The highest BCUT2D eigenvalue weighted by Gasteiger charge is 2.21. The third kappa shape index (κ3) is 3.93. The van der Waals surface area contributed by atoms with Crippen LogP contribution in [0.1, 0.15) is 43.0 Å². The molecule has 1 aromatic rings. The van der Waals surface area contributed by atoms with E-state index in [1.54, 1.807) is 12.1 Å². The average molecular weight is 297 g/mol. The molecule has 2 rings (SSSR count). The van der Waals surface area contributed by atoms with Crippen LogP contribution in [0.5, 0.6) is 0 Å². The Hall–Kier alpha value is -1.13. The summed E-state index contributed by atoms with van der Waals surface area (Å²) in [5, 5.41) is 10.5. The molecule has 0 saturated heterocycles. The summed E-state index contributed by atoms with van der Waals surface area (Å²) in [4.78, 5) is 12.6. The standard InChI is InChI=1S/C15H21ClN2O2/c1-17(13-5-3-2-4-6-13)11-15(16)12-7-9-14(10-8-12)18(19)20/h7-10,13,15H,2-6,11H2,1H3. The molecule has 0 aromatic heterocycles. The molecule has 0 bridgehead atoms. The highest BCUT2D eigenvalue weighted by molar-refractivity contribution is 6.21. The molecule has 1 aromatic carbocycles. The topological polar surface area (TPSA) is 46.4 Å². The zero-order valence-electron chi connectivity index (χ0n) is 11.8. The number of non-ortho nitro benzene ring substituents is 1. The van der Waals surface area contributed by atoms with E-state index >= 15 is 0 Å². The van der Waals surface area contributed by atoms with Crippen LogP contribution in [0.4, 0.5) is 5.69 Å². The summed E-state index contributed by atoms with van der Waals surface area (Å²) in [5.41, 5.74) is 1.05. The van der Waals surface area contributed by atoms with E-state index in [0.717, 1.165) is 12.1 Å². The van der Waals surface area contributed by atoms with Crippen molar-refractivity contribution in [2.75, 3.05) is 13.6 Å². The van der Waals surface area contributed by atoms with E-state index in [0.29, 0.717) is 6.04 Å².